The second-order valence-electron chi connectivity index (χ2n) is 4.49. The van der Waals surface area contributed by atoms with E-state index in [1.807, 2.05) is 22.6 Å². The van der Waals surface area contributed by atoms with Crippen molar-refractivity contribution in [2.75, 3.05) is 7.11 Å². The molecule has 0 amide bonds. The maximum absolute atomic E-state index is 13.9. The molecule has 0 N–H and O–H groups in total. The Bertz CT molecular complexity index is 802. The van der Waals surface area contributed by atoms with Crippen LogP contribution >= 0.6 is 34.2 Å². The second kappa shape index (κ2) is 6.31. The number of nitrogens with zero attached hydrogens (tertiary/aromatic N) is 2. The van der Waals surface area contributed by atoms with E-state index in [1.165, 1.54) is 19.2 Å². The van der Waals surface area contributed by atoms with Crippen molar-refractivity contribution in [2.45, 2.75) is 12.8 Å². The van der Waals surface area contributed by atoms with Gasteiger partial charge in [-0.3, -0.25) is 4.79 Å². The summed E-state index contributed by atoms with van der Waals surface area (Å²) in [5, 5.41) is 4.14. The van der Waals surface area contributed by atoms with Gasteiger partial charge in [-0.2, -0.15) is 0 Å². The van der Waals surface area contributed by atoms with Crippen LogP contribution in [0.4, 0.5) is 4.39 Å². The molecule has 0 unspecified atom stereocenters. The number of fused-ring (bicyclic) bond motifs is 1. The fourth-order valence-corrected chi connectivity index (χ4v) is 3.66. The average molecular weight is 423 g/mol. The minimum absolute atomic E-state index is 0.192. The Labute approximate surface area is 139 Å². The van der Waals surface area contributed by atoms with Gasteiger partial charge in [-0.15, -0.1) is 11.6 Å². The van der Waals surface area contributed by atoms with Crippen LogP contribution in [0, 0.1) is 9.39 Å². The number of oxime groups is 1. The average Bonchev–Trinajstić information content (AvgIpc) is 2.44. The normalized spacial score (nSPS) is 12.0. The molecule has 0 radical (unpaired) electrons. The third kappa shape index (κ3) is 2.78. The van der Waals surface area contributed by atoms with Crippen molar-refractivity contribution in [1.29, 1.82) is 0 Å². The van der Waals surface area contributed by atoms with Crippen LogP contribution in [0.3, 0.4) is 0 Å². The van der Waals surface area contributed by atoms with Crippen molar-refractivity contribution in [3.63, 3.8) is 0 Å². The molecular formula is C14H13ClFIN2O2. The van der Waals surface area contributed by atoms with Crippen molar-refractivity contribution in [1.82, 2.24) is 4.57 Å². The lowest BCUT2D eigenvalue weighted by atomic mass is 10.0. The monoisotopic (exact) mass is 422 g/mol. The van der Waals surface area contributed by atoms with Crippen LogP contribution in [0.2, 0.25) is 0 Å². The zero-order chi connectivity index (χ0) is 15.7. The Morgan fingerprint density at radius 2 is 2.19 bits per heavy atom. The van der Waals surface area contributed by atoms with E-state index < -0.39 is 5.82 Å². The molecule has 0 spiro atoms. The molecule has 0 aliphatic rings. The molecule has 112 valence electrons. The highest BCUT2D eigenvalue weighted by Gasteiger charge is 2.18. The van der Waals surface area contributed by atoms with E-state index in [2.05, 4.69) is 5.16 Å². The minimum Gasteiger partial charge on any atom is -0.399 e. The van der Waals surface area contributed by atoms with Crippen molar-refractivity contribution in [2.24, 2.45) is 12.2 Å². The molecule has 0 atom stereocenters. The fourth-order valence-electron chi connectivity index (χ4n) is 2.28. The highest BCUT2D eigenvalue weighted by molar-refractivity contribution is 14.1. The fraction of sp³-hybridized carbons (Fsp3) is 0.286. The summed E-state index contributed by atoms with van der Waals surface area (Å²) in [7, 11) is 3.21. The van der Waals surface area contributed by atoms with Crippen LogP contribution in [-0.4, -0.2) is 17.4 Å². The third-order valence-electron chi connectivity index (χ3n) is 3.26. The van der Waals surface area contributed by atoms with Gasteiger partial charge in [0.1, 0.15) is 12.9 Å². The molecule has 0 aliphatic carbocycles. The summed E-state index contributed by atoms with van der Waals surface area (Å²) >= 11 is 7.88. The molecule has 0 aliphatic heterocycles. The van der Waals surface area contributed by atoms with E-state index in [-0.39, 0.29) is 11.3 Å². The highest BCUT2D eigenvalue weighted by atomic mass is 127. The molecular weight excluding hydrogens is 410 g/mol. The van der Waals surface area contributed by atoms with Crippen molar-refractivity contribution < 1.29 is 9.23 Å². The van der Waals surface area contributed by atoms with Gasteiger partial charge < -0.3 is 9.40 Å². The van der Waals surface area contributed by atoms with E-state index >= 15 is 0 Å². The molecule has 1 aromatic heterocycles. The van der Waals surface area contributed by atoms with Gasteiger partial charge in [0.25, 0.3) is 0 Å². The standard InChI is InChI=1S/C14H13ClFIN2O2/c1-7(18-21-3)9-4-8(16)5-10-13(9)19(2)11(6-15)12(17)14(10)20/h4-5H,6H2,1-3H3/b18-7-. The molecule has 0 bridgehead atoms. The number of hydrogen-bond acceptors (Lipinski definition) is 3. The molecule has 0 fully saturated rings. The first kappa shape index (κ1) is 16.2. The summed E-state index contributed by atoms with van der Waals surface area (Å²) in [6.07, 6.45) is 0. The van der Waals surface area contributed by atoms with Gasteiger partial charge in [0, 0.05) is 12.6 Å². The number of aromatic nitrogens is 1. The summed E-state index contributed by atoms with van der Waals surface area (Å²) in [4.78, 5) is 17.2. The van der Waals surface area contributed by atoms with Gasteiger partial charge >= 0.3 is 0 Å². The largest absolute Gasteiger partial charge is 0.399 e. The summed E-state index contributed by atoms with van der Waals surface area (Å²) in [6.45, 7) is 1.69. The number of pyridine rings is 1. The van der Waals surface area contributed by atoms with Gasteiger partial charge in [-0.1, -0.05) is 5.16 Å². The van der Waals surface area contributed by atoms with Crippen LogP contribution in [0.15, 0.2) is 22.1 Å². The zero-order valence-electron chi connectivity index (χ0n) is 11.7. The van der Waals surface area contributed by atoms with E-state index in [4.69, 9.17) is 16.4 Å². The van der Waals surface area contributed by atoms with Gasteiger partial charge in [-0.25, -0.2) is 4.39 Å². The van der Waals surface area contributed by atoms with Gasteiger partial charge in [0.05, 0.1) is 31.8 Å². The minimum atomic E-state index is -0.491. The molecule has 1 aromatic carbocycles. The van der Waals surface area contributed by atoms with E-state index in [9.17, 15) is 9.18 Å². The predicted octanol–water partition coefficient (Wildman–Crippen LogP) is 3.39. The summed E-state index contributed by atoms with van der Waals surface area (Å²) in [6, 6.07) is 2.58. The Morgan fingerprint density at radius 1 is 1.52 bits per heavy atom. The van der Waals surface area contributed by atoms with Crippen molar-refractivity contribution >= 4 is 50.8 Å². The third-order valence-corrected chi connectivity index (χ3v) is 4.62. The van der Waals surface area contributed by atoms with E-state index in [0.29, 0.717) is 31.4 Å². The number of aryl methyl sites for hydroxylation is 1. The summed E-state index contributed by atoms with van der Waals surface area (Å²) < 4.78 is 16.1. The summed E-state index contributed by atoms with van der Waals surface area (Å²) in [5.74, 6) is -0.299. The highest BCUT2D eigenvalue weighted by Crippen LogP contribution is 2.23. The number of hydrogen-bond donors (Lipinski definition) is 0. The molecule has 0 saturated carbocycles. The van der Waals surface area contributed by atoms with Crippen LogP contribution in [0.5, 0.6) is 0 Å². The second-order valence-corrected chi connectivity index (χ2v) is 5.84. The number of alkyl halides is 1. The molecule has 4 nitrogen and oxygen atoms in total. The lowest BCUT2D eigenvalue weighted by molar-refractivity contribution is 0.213. The molecule has 21 heavy (non-hydrogen) atoms. The van der Waals surface area contributed by atoms with Crippen LogP contribution in [-0.2, 0) is 17.8 Å². The van der Waals surface area contributed by atoms with Crippen LogP contribution in [0.1, 0.15) is 18.2 Å². The number of halogens is 3. The molecule has 2 aromatic rings. The van der Waals surface area contributed by atoms with Gasteiger partial charge in [-0.05, 0) is 41.6 Å². The number of benzene rings is 1. The maximum atomic E-state index is 13.9. The maximum Gasteiger partial charge on any atom is 0.203 e. The van der Waals surface area contributed by atoms with E-state index in [0.717, 1.165) is 0 Å². The lowest BCUT2D eigenvalue weighted by Gasteiger charge is -2.16. The zero-order valence-corrected chi connectivity index (χ0v) is 14.6. The Morgan fingerprint density at radius 3 is 2.76 bits per heavy atom. The Balaban J connectivity index is 3.04. The molecule has 0 saturated heterocycles. The number of rotatable bonds is 3. The Hall–Kier alpha value is -1.15. The first-order valence-electron chi connectivity index (χ1n) is 6.07. The van der Waals surface area contributed by atoms with Crippen molar-refractivity contribution in [3.8, 4) is 0 Å². The lowest BCUT2D eigenvalue weighted by Crippen LogP contribution is -2.18. The van der Waals surface area contributed by atoms with Gasteiger partial charge in [0.2, 0.25) is 5.43 Å². The van der Waals surface area contributed by atoms with Crippen LogP contribution in [0.25, 0.3) is 10.9 Å². The van der Waals surface area contributed by atoms with Crippen molar-refractivity contribution in [3.05, 3.63) is 43.0 Å². The topological polar surface area (TPSA) is 43.6 Å². The van der Waals surface area contributed by atoms with E-state index in [1.54, 1.807) is 18.5 Å². The predicted molar refractivity (Wildman–Crippen MR) is 90.6 cm³/mol. The Kier molecular flexibility index (Phi) is 4.88. The molecule has 7 heteroatoms. The smallest absolute Gasteiger partial charge is 0.203 e. The first-order valence-corrected chi connectivity index (χ1v) is 7.68. The quantitative estimate of drug-likeness (QED) is 0.329. The molecule has 2 rings (SSSR count). The molecule has 1 heterocycles. The SMILES string of the molecule is CO/N=C(/C)c1cc(F)cc2c(=O)c(I)c(CCl)n(C)c12. The van der Waals surface area contributed by atoms with Crippen LogP contribution < -0.4 is 5.43 Å². The van der Waals surface area contributed by atoms with Gasteiger partial charge in [0.15, 0.2) is 0 Å². The first-order chi connectivity index (χ1) is 9.92. The summed E-state index contributed by atoms with van der Waals surface area (Å²) in [5.41, 5.74) is 2.04.